The zero-order valence-electron chi connectivity index (χ0n) is 16.1. The summed E-state index contributed by atoms with van der Waals surface area (Å²) in [7, 11) is 3.42. The number of allylic oxidation sites excluding steroid dienone is 1. The third-order valence-corrected chi connectivity index (χ3v) is 6.76. The van der Waals surface area contributed by atoms with Crippen LogP contribution >= 0.6 is 50.3 Å². The van der Waals surface area contributed by atoms with Crippen molar-refractivity contribution in [2.45, 2.75) is 13.0 Å². The number of nitrogens with zero attached hydrogens (tertiary/aromatic N) is 2. The molecule has 0 spiro atoms. The van der Waals surface area contributed by atoms with E-state index in [1.165, 1.54) is 15.3 Å². The highest BCUT2D eigenvalue weighted by molar-refractivity contribution is 14.1. The van der Waals surface area contributed by atoms with Crippen molar-refractivity contribution in [1.29, 1.82) is 0 Å². The van der Waals surface area contributed by atoms with E-state index < -0.39 is 0 Å². The molecule has 1 fully saturated rings. The zero-order chi connectivity index (χ0) is 21.0. The molecule has 0 aromatic heterocycles. The lowest BCUT2D eigenvalue weighted by atomic mass is 10.1. The Balaban J connectivity index is 1.88. The second-order valence-electron chi connectivity index (χ2n) is 6.38. The Morgan fingerprint density at radius 1 is 1.31 bits per heavy atom. The number of ether oxygens (including phenoxy) is 1. The molecule has 29 heavy (non-hydrogen) atoms. The van der Waals surface area contributed by atoms with Crippen LogP contribution in [-0.4, -0.2) is 30.1 Å². The highest BCUT2D eigenvalue weighted by Crippen LogP contribution is 2.36. The van der Waals surface area contributed by atoms with Crippen molar-refractivity contribution in [2.75, 3.05) is 14.1 Å². The average molecular weight is 583 g/mol. The van der Waals surface area contributed by atoms with Crippen LogP contribution in [-0.2, 0) is 17.8 Å². The summed E-state index contributed by atoms with van der Waals surface area (Å²) < 4.78 is 8.17. The predicted molar refractivity (Wildman–Crippen MR) is 133 cm³/mol. The number of rotatable bonds is 6. The van der Waals surface area contributed by atoms with E-state index in [4.69, 9.17) is 4.74 Å². The lowest BCUT2D eigenvalue weighted by Crippen LogP contribution is -2.23. The Bertz CT molecular complexity index is 1000. The van der Waals surface area contributed by atoms with Gasteiger partial charge in [0, 0.05) is 17.7 Å². The van der Waals surface area contributed by atoms with Crippen molar-refractivity contribution in [3.05, 3.63) is 78.7 Å². The molecule has 1 aliphatic rings. The van der Waals surface area contributed by atoms with Crippen molar-refractivity contribution in [3.8, 4) is 5.75 Å². The molecule has 0 unspecified atom stereocenters. The zero-order valence-corrected chi connectivity index (χ0v) is 20.7. The number of thioether (sulfide) groups is 1. The van der Waals surface area contributed by atoms with Gasteiger partial charge in [-0.3, -0.25) is 14.7 Å². The monoisotopic (exact) mass is 582 g/mol. The van der Waals surface area contributed by atoms with Gasteiger partial charge in [-0.2, -0.15) is 0 Å². The van der Waals surface area contributed by atoms with Gasteiger partial charge in [-0.1, -0.05) is 18.2 Å². The molecule has 1 amide bonds. The summed E-state index contributed by atoms with van der Waals surface area (Å²) in [5.74, 6) is 0.750. The topological polar surface area (TPSA) is 41.9 Å². The summed E-state index contributed by atoms with van der Waals surface area (Å²) in [5.41, 5.74) is 3.05. The van der Waals surface area contributed by atoms with Gasteiger partial charge in [-0.15, -0.1) is 6.58 Å². The molecule has 4 nitrogen and oxygen atoms in total. The summed E-state index contributed by atoms with van der Waals surface area (Å²) in [4.78, 5) is 18.8. The van der Waals surface area contributed by atoms with Gasteiger partial charge in [0.25, 0.3) is 5.91 Å². The van der Waals surface area contributed by atoms with Crippen LogP contribution in [0.2, 0.25) is 0 Å². The molecule has 0 bridgehead atoms. The fraction of sp³-hybridized carbons (Fsp3) is 0.182. The number of halogens is 2. The Hall–Kier alpha value is -1.58. The van der Waals surface area contributed by atoms with E-state index in [1.807, 2.05) is 24.3 Å². The largest absolute Gasteiger partial charge is 0.487 e. The number of carbonyl (C=O) groups excluding carboxylic acids is 1. The maximum Gasteiger partial charge on any atom is 0.266 e. The van der Waals surface area contributed by atoms with Crippen LogP contribution in [0.25, 0.3) is 6.08 Å². The highest BCUT2D eigenvalue weighted by atomic mass is 127. The average Bonchev–Trinajstić information content (AvgIpc) is 2.97. The molecular formula is C22H20BrIN2O2S. The third kappa shape index (κ3) is 5.32. The molecule has 2 aromatic rings. The van der Waals surface area contributed by atoms with Gasteiger partial charge in [0.2, 0.25) is 0 Å². The number of amidine groups is 1. The van der Waals surface area contributed by atoms with Crippen LogP contribution in [0.5, 0.6) is 5.75 Å². The van der Waals surface area contributed by atoms with Crippen LogP contribution < -0.4 is 4.74 Å². The van der Waals surface area contributed by atoms with Crippen LogP contribution in [0.3, 0.4) is 0 Å². The quantitative estimate of drug-likeness (QED) is 0.242. The van der Waals surface area contributed by atoms with Crippen LogP contribution in [0.1, 0.15) is 16.7 Å². The van der Waals surface area contributed by atoms with Gasteiger partial charge in [-0.25, -0.2) is 0 Å². The first-order valence-electron chi connectivity index (χ1n) is 8.88. The molecule has 1 saturated heterocycles. The van der Waals surface area contributed by atoms with E-state index in [-0.39, 0.29) is 5.91 Å². The van der Waals surface area contributed by atoms with Crippen molar-refractivity contribution >= 4 is 67.4 Å². The van der Waals surface area contributed by atoms with Crippen LogP contribution in [0, 0.1) is 3.57 Å². The first-order chi connectivity index (χ1) is 13.9. The van der Waals surface area contributed by atoms with E-state index in [2.05, 4.69) is 74.4 Å². The van der Waals surface area contributed by atoms with Gasteiger partial charge in [0.15, 0.2) is 5.17 Å². The number of carbonyl (C=O) groups is 1. The molecule has 1 aliphatic heterocycles. The minimum absolute atomic E-state index is 0.0453. The minimum atomic E-state index is -0.0453. The van der Waals surface area contributed by atoms with E-state index >= 15 is 0 Å². The number of hydrogen-bond donors (Lipinski definition) is 0. The van der Waals surface area contributed by atoms with Crippen molar-refractivity contribution in [1.82, 2.24) is 4.90 Å². The molecule has 0 saturated carbocycles. The Kier molecular flexibility index (Phi) is 7.59. The number of aliphatic imine (C=N–C) groups is 1. The molecule has 0 radical (unpaired) electrons. The predicted octanol–water partition coefficient (Wildman–Crippen LogP) is 5.89. The normalized spacial score (nSPS) is 16.7. The van der Waals surface area contributed by atoms with Gasteiger partial charge in [0.05, 0.1) is 9.38 Å². The minimum Gasteiger partial charge on any atom is -0.487 e. The first kappa shape index (κ1) is 22.1. The molecule has 3 rings (SSSR count). The third-order valence-electron chi connectivity index (χ3n) is 4.30. The molecule has 1 heterocycles. The van der Waals surface area contributed by atoms with Gasteiger partial charge in [-0.05, 0) is 104 Å². The maximum absolute atomic E-state index is 12.4. The van der Waals surface area contributed by atoms with E-state index in [0.717, 1.165) is 26.9 Å². The number of benzene rings is 2. The molecule has 0 atom stereocenters. The standard InChI is InChI=1S/C22H20BrIN2O2S/c1-4-5-16-10-15(12-19-21(27)26(3)22(25-2)29-19)11-18(23)20(16)28-13-14-6-8-17(24)9-7-14/h4,6-12H,1,5,13H2,2-3H3/b19-12-,25-22?. The number of hydrogen-bond acceptors (Lipinski definition) is 4. The van der Waals surface area contributed by atoms with Crippen molar-refractivity contribution < 1.29 is 9.53 Å². The molecular weight excluding hydrogens is 563 g/mol. The summed E-state index contributed by atoms with van der Waals surface area (Å²) in [6.07, 6.45) is 4.41. The lowest BCUT2D eigenvalue weighted by molar-refractivity contribution is -0.121. The van der Waals surface area contributed by atoms with E-state index in [9.17, 15) is 4.79 Å². The lowest BCUT2D eigenvalue weighted by Gasteiger charge is -2.14. The van der Waals surface area contributed by atoms with Crippen LogP contribution in [0.4, 0.5) is 0 Å². The summed E-state index contributed by atoms with van der Waals surface area (Å²) in [6, 6.07) is 12.3. The number of amides is 1. The highest BCUT2D eigenvalue weighted by Gasteiger charge is 2.29. The summed E-state index contributed by atoms with van der Waals surface area (Å²) in [5, 5.41) is 0.698. The second kappa shape index (κ2) is 9.95. The fourth-order valence-corrected chi connectivity index (χ4v) is 4.78. The summed E-state index contributed by atoms with van der Waals surface area (Å²) >= 11 is 7.31. The molecule has 2 aromatic carbocycles. The van der Waals surface area contributed by atoms with E-state index in [1.54, 1.807) is 19.0 Å². The van der Waals surface area contributed by atoms with Crippen molar-refractivity contribution in [2.24, 2.45) is 4.99 Å². The van der Waals surface area contributed by atoms with Crippen molar-refractivity contribution in [3.63, 3.8) is 0 Å². The molecule has 7 heteroatoms. The Morgan fingerprint density at radius 3 is 2.66 bits per heavy atom. The summed E-state index contributed by atoms with van der Waals surface area (Å²) in [6.45, 7) is 4.34. The van der Waals surface area contributed by atoms with Gasteiger partial charge >= 0.3 is 0 Å². The maximum atomic E-state index is 12.4. The van der Waals surface area contributed by atoms with Gasteiger partial charge in [0.1, 0.15) is 12.4 Å². The first-order valence-corrected chi connectivity index (χ1v) is 11.6. The van der Waals surface area contributed by atoms with E-state index in [0.29, 0.717) is 23.1 Å². The van der Waals surface area contributed by atoms with Crippen LogP contribution in [0.15, 0.2) is 63.4 Å². The second-order valence-corrected chi connectivity index (χ2v) is 9.49. The molecule has 150 valence electrons. The van der Waals surface area contributed by atoms with Gasteiger partial charge < -0.3 is 4.74 Å². The molecule has 0 aliphatic carbocycles. The Labute approximate surface area is 197 Å². The Morgan fingerprint density at radius 2 is 2.03 bits per heavy atom. The molecule has 0 N–H and O–H groups in total. The smallest absolute Gasteiger partial charge is 0.266 e. The fourth-order valence-electron chi connectivity index (χ4n) is 2.86. The SMILES string of the molecule is C=CCc1cc(/C=C2\SC(=NC)N(C)C2=O)cc(Br)c1OCc1ccc(I)cc1. The number of likely N-dealkylation sites (N-methyl/N-ethyl adjacent to an activating group) is 1.